The zero-order chi connectivity index (χ0) is 20.9. The van der Waals surface area contributed by atoms with E-state index in [1.165, 1.54) is 17.9 Å². The number of cyclic esters (lactones) is 1. The van der Waals surface area contributed by atoms with Crippen LogP contribution in [0.1, 0.15) is 6.92 Å². The predicted octanol–water partition coefficient (Wildman–Crippen LogP) is 1.06. The molecule has 2 saturated heterocycles. The molecule has 1 saturated carbocycles. The summed E-state index contributed by atoms with van der Waals surface area (Å²) in [6.07, 6.45) is -1.02. The van der Waals surface area contributed by atoms with Gasteiger partial charge in [-0.2, -0.15) is 0 Å². The highest BCUT2D eigenvalue weighted by Crippen LogP contribution is 2.53. The summed E-state index contributed by atoms with van der Waals surface area (Å²) < 4.78 is 20.0. The van der Waals surface area contributed by atoms with Crippen molar-refractivity contribution in [3.05, 3.63) is 24.0 Å². The number of nitrogens with one attached hydrogen (secondary N) is 1. The molecule has 9 heteroatoms. The minimum Gasteiger partial charge on any atom is -0.442 e. The summed E-state index contributed by atoms with van der Waals surface area (Å²) in [6.45, 7) is 3.19. The summed E-state index contributed by atoms with van der Waals surface area (Å²) in [5, 5.41) is 2.61. The minimum atomic E-state index is -0.556. The van der Waals surface area contributed by atoms with Gasteiger partial charge >= 0.3 is 6.09 Å². The number of hydrogen-bond acceptors (Lipinski definition) is 5. The molecular formula is C20H25FN4O4. The van der Waals surface area contributed by atoms with E-state index in [1.54, 1.807) is 31.1 Å². The van der Waals surface area contributed by atoms with Crippen molar-refractivity contribution in [1.29, 1.82) is 0 Å². The maximum Gasteiger partial charge on any atom is 0.414 e. The van der Waals surface area contributed by atoms with E-state index < -0.39 is 18.0 Å². The highest BCUT2D eigenvalue weighted by atomic mass is 19.1. The van der Waals surface area contributed by atoms with Crippen molar-refractivity contribution in [2.45, 2.75) is 13.0 Å². The minimum absolute atomic E-state index is 0.0588. The van der Waals surface area contributed by atoms with E-state index in [9.17, 15) is 18.8 Å². The quantitative estimate of drug-likeness (QED) is 0.794. The summed E-state index contributed by atoms with van der Waals surface area (Å²) in [7, 11) is 3.52. The second-order valence-corrected chi connectivity index (χ2v) is 8.18. The Morgan fingerprint density at radius 3 is 2.52 bits per heavy atom. The summed E-state index contributed by atoms with van der Waals surface area (Å²) in [4.78, 5) is 40.2. The van der Waals surface area contributed by atoms with Gasteiger partial charge in [-0.3, -0.25) is 14.5 Å². The number of rotatable bonds is 5. The lowest BCUT2D eigenvalue weighted by Gasteiger charge is -2.24. The lowest BCUT2D eigenvalue weighted by molar-refractivity contribution is -0.130. The van der Waals surface area contributed by atoms with Gasteiger partial charge in [-0.15, -0.1) is 0 Å². The van der Waals surface area contributed by atoms with Crippen molar-refractivity contribution in [3.63, 3.8) is 0 Å². The zero-order valence-electron chi connectivity index (χ0n) is 16.7. The molecule has 1 N–H and O–H groups in total. The molecule has 2 heterocycles. The third-order valence-electron chi connectivity index (χ3n) is 5.96. The van der Waals surface area contributed by atoms with Gasteiger partial charge in [-0.1, -0.05) is 0 Å². The van der Waals surface area contributed by atoms with Gasteiger partial charge in [-0.25, -0.2) is 9.18 Å². The number of fused-ring (bicyclic) bond motifs is 1. The molecule has 4 rings (SSSR count). The molecule has 2 aliphatic heterocycles. The second-order valence-electron chi connectivity index (χ2n) is 8.18. The van der Waals surface area contributed by atoms with Gasteiger partial charge in [0.15, 0.2) is 0 Å². The molecule has 3 unspecified atom stereocenters. The molecule has 156 valence electrons. The van der Waals surface area contributed by atoms with E-state index in [4.69, 9.17) is 4.74 Å². The lowest BCUT2D eigenvalue weighted by atomic mass is 10.2. The van der Waals surface area contributed by atoms with Gasteiger partial charge in [0.1, 0.15) is 11.9 Å². The van der Waals surface area contributed by atoms with E-state index in [0.717, 1.165) is 0 Å². The van der Waals surface area contributed by atoms with Gasteiger partial charge in [0.25, 0.3) is 0 Å². The van der Waals surface area contributed by atoms with Crippen LogP contribution in [-0.2, 0) is 14.3 Å². The molecule has 0 radical (unpaired) electrons. The molecular weight excluding hydrogens is 379 g/mol. The molecule has 3 fully saturated rings. The van der Waals surface area contributed by atoms with E-state index in [2.05, 4.69) is 5.32 Å². The fraction of sp³-hybridized carbons (Fsp3) is 0.550. The van der Waals surface area contributed by atoms with Gasteiger partial charge in [0.05, 0.1) is 24.5 Å². The Labute approximate surface area is 168 Å². The van der Waals surface area contributed by atoms with Crippen LogP contribution in [0.2, 0.25) is 0 Å². The molecule has 0 aromatic heterocycles. The van der Waals surface area contributed by atoms with Crippen LogP contribution < -0.4 is 15.1 Å². The third kappa shape index (κ3) is 3.61. The number of carbonyl (C=O) groups excluding carboxylic acids is 3. The van der Waals surface area contributed by atoms with Crippen molar-refractivity contribution in [2.24, 2.45) is 17.8 Å². The van der Waals surface area contributed by atoms with E-state index in [-0.39, 0.29) is 42.7 Å². The Morgan fingerprint density at radius 2 is 1.93 bits per heavy atom. The van der Waals surface area contributed by atoms with Crippen LogP contribution in [0.4, 0.5) is 20.6 Å². The van der Waals surface area contributed by atoms with Crippen LogP contribution in [-0.4, -0.2) is 69.2 Å². The fourth-order valence-corrected chi connectivity index (χ4v) is 4.40. The molecule has 3 aliphatic rings. The van der Waals surface area contributed by atoms with Crippen molar-refractivity contribution in [2.75, 3.05) is 50.1 Å². The first-order valence-electron chi connectivity index (χ1n) is 9.74. The summed E-state index contributed by atoms with van der Waals surface area (Å²) in [5.74, 6) is 0.171. The predicted molar refractivity (Wildman–Crippen MR) is 104 cm³/mol. The van der Waals surface area contributed by atoms with Crippen molar-refractivity contribution in [3.8, 4) is 0 Å². The van der Waals surface area contributed by atoms with Gasteiger partial charge < -0.3 is 19.9 Å². The van der Waals surface area contributed by atoms with Crippen LogP contribution in [0.25, 0.3) is 0 Å². The van der Waals surface area contributed by atoms with Gasteiger partial charge in [0.2, 0.25) is 11.8 Å². The van der Waals surface area contributed by atoms with Crippen molar-refractivity contribution >= 4 is 29.3 Å². The highest BCUT2D eigenvalue weighted by molar-refractivity contribution is 5.90. The molecule has 3 amide bonds. The van der Waals surface area contributed by atoms with Crippen molar-refractivity contribution < 1.29 is 23.5 Å². The number of halogens is 1. The Bertz CT molecular complexity index is 849. The fourth-order valence-electron chi connectivity index (χ4n) is 4.40. The molecule has 1 aromatic rings. The number of anilines is 2. The lowest BCUT2D eigenvalue weighted by Crippen LogP contribution is -2.33. The van der Waals surface area contributed by atoms with Crippen LogP contribution in [0, 0.1) is 23.6 Å². The standard InChI is InChI=1S/C20H25FN4O4/c1-11(26)22-7-13-8-25(20(28)29-13)12-4-5-17(16(21)6-12)24-9-14-15(10-24)18(14)19(27)23(2)3/h4-6,13-15,18H,7-10H2,1-3H3,(H,22,26). The molecule has 0 bridgehead atoms. The van der Waals surface area contributed by atoms with E-state index in [1.807, 2.05) is 4.90 Å². The first-order chi connectivity index (χ1) is 13.8. The maximum absolute atomic E-state index is 14.8. The normalized spacial score (nSPS) is 27.5. The largest absolute Gasteiger partial charge is 0.442 e. The number of hydrogen-bond donors (Lipinski definition) is 1. The van der Waals surface area contributed by atoms with Gasteiger partial charge in [0, 0.05) is 40.0 Å². The monoisotopic (exact) mass is 404 g/mol. The Balaban J connectivity index is 1.39. The number of piperidine rings is 1. The van der Waals surface area contributed by atoms with E-state index in [0.29, 0.717) is 24.5 Å². The second kappa shape index (κ2) is 7.20. The summed E-state index contributed by atoms with van der Waals surface area (Å²) >= 11 is 0. The number of nitrogens with zero attached hydrogens (tertiary/aromatic N) is 3. The van der Waals surface area contributed by atoms with Gasteiger partial charge in [-0.05, 0) is 30.0 Å². The number of ether oxygens (including phenoxy) is 1. The van der Waals surface area contributed by atoms with Crippen molar-refractivity contribution in [1.82, 2.24) is 10.2 Å². The van der Waals surface area contributed by atoms with Crippen LogP contribution in [0.15, 0.2) is 18.2 Å². The number of amides is 3. The number of carbonyl (C=O) groups is 3. The average Bonchev–Trinajstić information content (AvgIpc) is 2.99. The molecule has 29 heavy (non-hydrogen) atoms. The highest BCUT2D eigenvalue weighted by Gasteiger charge is 2.60. The Hall–Kier alpha value is -2.84. The first kappa shape index (κ1) is 19.5. The van der Waals surface area contributed by atoms with E-state index >= 15 is 0 Å². The first-order valence-corrected chi connectivity index (χ1v) is 9.74. The smallest absolute Gasteiger partial charge is 0.414 e. The number of benzene rings is 1. The Kier molecular flexibility index (Phi) is 4.84. The summed E-state index contributed by atoms with van der Waals surface area (Å²) in [6, 6.07) is 4.71. The topological polar surface area (TPSA) is 82.2 Å². The molecule has 0 spiro atoms. The van der Waals surface area contributed by atoms with Crippen LogP contribution >= 0.6 is 0 Å². The zero-order valence-corrected chi connectivity index (χ0v) is 16.7. The molecule has 3 atom stereocenters. The third-order valence-corrected chi connectivity index (χ3v) is 5.96. The maximum atomic E-state index is 14.8. The van der Waals surface area contributed by atoms with Crippen LogP contribution in [0.3, 0.4) is 0 Å². The van der Waals surface area contributed by atoms with Crippen LogP contribution in [0.5, 0.6) is 0 Å². The SMILES string of the molecule is CC(=O)NCC1CN(c2ccc(N3CC4C(C3)C4C(=O)N(C)C)c(F)c2)C(=O)O1. The Morgan fingerprint density at radius 1 is 1.24 bits per heavy atom. The molecule has 8 nitrogen and oxygen atoms in total. The average molecular weight is 404 g/mol. The molecule has 1 aromatic carbocycles. The summed E-state index contributed by atoms with van der Waals surface area (Å²) in [5.41, 5.74) is 0.908. The molecule has 1 aliphatic carbocycles.